The zero-order valence-electron chi connectivity index (χ0n) is 14.7. The first-order valence-electron chi connectivity index (χ1n) is 9.29. The predicted octanol–water partition coefficient (Wildman–Crippen LogP) is 3.02. The molecule has 1 unspecified atom stereocenters. The quantitative estimate of drug-likeness (QED) is 0.805. The van der Waals surface area contributed by atoms with E-state index in [-0.39, 0.29) is 5.91 Å². The molecule has 138 valence electrons. The number of amides is 1. The second kappa shape index (κ2) is 7.76. The number of halogens is 1. The number of aromatic nitrogens is 2. The number of carbonyl (C=O) groups excluding carboxylic acids is 1. The Labute approximate surface area is 158 Å². The third kappa shape index (κ3) is 3.91. The zero-order chi connectivity index (χ0) is 17.9. The summed E-state index contributed by atoms with van der Waals surface area (Å²) in [5.41, 5.74) is 0.851. The summed E-state index contributed by atoms with van der Waals surface area (Å²) < 4.78 is 5.29. The van der Waals surface area contributed by atoms with Crippen LogP contribution in [0.15, 0.2) is 28.8 Å². The van der Waals surface area contributed by atoms with E-state index in [1.807, 2.05) is 17.0 Å². The molecule has 1 aromatic carbocycles. The van der Waals surface area contributed by atoms with Gasteiger partial charge in [0, 0.05) is 42.6 Å². The van der Waals surface area contributed by atoms with Crippen LogP contribution in [-0.4, -0.2) is 58.1 Å². The molecule has 2 aliphatic rings. The van der Waals surface area contributed by atoms with E-state index in [0.29, 0.717) is 35.6 Å². The summed E-state index contributed by atoms with van der Waals surface area (Å²) in [5.74, 6) is 1.20. The number of hydrogen-bond donors (Lipinski definition) is 0. The van der Waals surface area contributed by atoms with Gasteiger partial charge in [0.05, 0.1) is 0 Å². The van der Waals surface area contributed by atoms with Crippen molar-refractivity contribution in [1.29, 1.82) is 0 Å². The molecule has 6 nitrogen and oxygen atoms in total. The summed E-state index contributed by atoms with van der Waals surface area (Å²) >= 11 is 5.89. The Morgan fingerprint density at radius 3 is 2.73 bits per heavy atom. The lowest BCUT2D eigenvalue weighted by molar-refractivity contribution is -0.130. The second-order valence-corrected chi connectivity index (χ2v) is 7.48. The number of benzene rings is 1. The minimum atomic E-state index is 0.179. The van der Waals surface area contributed by atoms with E-state index in [4.69, 9.17) is 16.1 Å². The molecule has 2 aromatic rings. The lowest BCUT2D eigenvalue weighted by atomic mass is 10.2. The predicted molar refractivity (Wildman–Crippen MR) is 98.9 cm³/mol. The largest absolute Gasteiger partial charge is 0.341 e. The molecule has 3 heterocycles. The van der Waals surface area contributed by atoms with Crippen LogP contribution in [0, 0.1) is 0 Å². The lowest BCUT2D eigenvalue weighted by Crippen LogP contribution is -2.37. The Morgan fingerprint density at radius 2 is 1.96 bits per heavy atom. The minimum absolute atomic E-state index is 0.179. The molecule has 2 saturated heterocycles. The van der Waals surface area contributed by atoms with Crippen LogP contribution in [-0.2, 0) is 11.2 Å². The summed E-state index contributed by atoms with van der Waals surface area (Å²) in [6, 6.07) is 7.83. The van der Waals surface area contributed by atoms with Gasteiger partial charge in [-0.3, -0.25) is 9.69 Å². The Bertz CT molecular complexity index is 755. The van der Waals surface area contributed by atoms with E-state index in [0.717, 1.165) is 25.1 Å². The van der Waals surface area contributed by atoms with E-state index < -0.39 is 0 Å². The number of nitrogens with zero attached hydrogens (tertiary/aromatic N) is 4. The topological polar surface area (TPSA) is 62.5 Å². The van der Waals surface area contributed by atoms with Crippen LogP contribution >= 0.6 is 11.6 Å². The van der Waals surface area contributed by atoms with E-state index in [2.05, 4.69) is 15.0 Å². The summed E-state index contributed by atoms with van der Waals surface area (Å²) in [6.07, 6.45) is 4.56. The highest BCUT2D eigenvalue weighted by Gasteiger charge is 2.31. The van der Waals surface area contributed by atoms with E-state index in [1.54, 1.807) is 12.1 Å². The van der Waals surface area contributed by atoms with Crippen molar-refractivity contribution in [2.45, 2.75) is 38.1 Å². The summed E-state index contributed by atoms with van der Waals surface area (Å²) in [6.45, 7) is 4.09. The average Bonchev–Trinajstić information content (AvgIpc) is 3.41. The van der Waals surface area contributed by atoms with Crippen molar-refractivity contribution in [1.82, 2.24) is 19.9 Å². The first kappa shape index (κ1) is 17.5. The third-order valence-electron chi connectivity index (χ3n) is 5.30. The van der Waals surface area contributed by atoms with Crippen LogP contribution in [0.25, 0.3) is 11.4 Å². The molecule has 0 radical (unpaired) electrons. The highest BCUT2D eigenvalue weighted by atomic mass is 35.5. The van der Waals surface area contributed by atoms with Gasteiger partial charge in [-0.15, -0.1) is 0 Å². The molecule has 0 N–H and O–H groups in total. The number of aryl methyl sites for hydroxylation is 1. The summed E-state index contributed by atoms with van der Waals surface area (Å²) in [5, 5.41) is 4.66. The van der Waals surface area contributed by atoms with Gasteiger partial charge in [-0.05, 0) is 56.6 Å². The Kier molecular flexibility index (Phi) is 5.22. The van der Waals surface area contributed by atoms with E-state index >= 15 is 0 Å². The number of carbonyl (C=O) groups is 1. The number of likely N-dealkylation sites (tertiary alicyclic amines) is 2. The van der Waals surface area contributed by atoms with Crippen LogP contribution in [0.2, 0.25) is 5.02 Å². The van der Waals surface area contributed by atoms with Gasteiger partial charge < -0.3 is 9.42 Å². The maximum Gasteiger partial charge on any atom is 0.227 e. The zero-order valence-corrected chi connectivity index (χ0v) is 15.5. The van der Waals surface area contributed by atoms with Gasteiger partial charge in [-0.1, -0.05) is 16.8 Å². The third-order valence-corrected chi connectivity index (χ3v) is 5.55. The molecule has 0 saturated carbocycles. The fraction of sp³-hybridized carbons (Fsp3) is 0.526. The fourth-order valence-corrected chi connectivity index (χ4v) is 3.94. The van der Waals surface area contributed by atoms with Gasteiger partial charge in [-0.2, -0.15) is 4.98 Å². The molecular formula is C19H23ClN4O2. The molecule has 7 heteroatoms. The van der Waals surface area contributed by atoms with Crippen molar-refractivity contribution in [2.24, 2.45) is 0 Å². The van der Waals surface area contributed by atoms with Gasteiger partial charge >= 0.3 is 0 Å². The molecule has 26 heavy (non-hydrogen) atoms. The van der Waals surface area contributed by atoms with Crippen LogP contribution in [0.5, 0.6) is 0 Å². The van der Waals surface area contributed by atoms with Crippen molar-refractivity contribution in [3.8, 4) is 11.4 Å². The molecule has 1 atom stereocenters. The molecule has 0 aliphatic carbocycles. The first-order valence-corrected chi connectivity index (χ1v) is 9.67. The number of rotatable bonds is 5. The summed E-state index contributed by atoms with van der Waals surface area (Å²) in [4.78, 5) is 21.4. The van der Waals surface area contributed by atoms with Crippen LogP contribution in [0.3, 0.4) is 0 Å². The molecule has 0 bridgehead atoms. The molecule has 4 rings (SSSR count). The first-order chi connectivity index (χ1) is 12.7. The molecule has 1 aromatic heterocycles. The van der Waals surface area contributed by atoms with E-state index in [9.17, 15) is 4.79 Å². The Hall–Kier alpha value is -1.92. The Morgan fingerprint density at radius 1 is 1.19 bits per heavy atom. The maximum absolute atomic E-state index is 12.5. The highest BCUT2D eigenvalue weighted by Crippen LogP contribution is 2.22. The smallest absolute Gasteiger partial charge is 0.227 e. The van der Waals surface area contributed by atoms with Gasteiger partial charge in [-0.25, -0.2) is 0 Å². The maximum atomic E-state index is 12.5. The van der Waals surface area contributed by atoms with E-state index in [1.165, 1.54) is 25.9 Å². The van der Waals surface area contributed by atoms with Gasteiger partial charge in [0.25, 0.3) is 0 Å². The molecule has 0 spiro atoms. The van der Waals surface area contributed by atoms with Crippen LogP contribution in [0.1, 0.15) is 31.6 Å². The van der Waals surface area contributed by atoms with Crippen molar-refractivity contribution in [2.75, 3.05) is 26.2 Å². The lowest BCUT2D eigenvalue weighted by Gasteiger charge is -2.23. The van der Waals surface area contributed by atoms with Gasteiger partial charge in [0.15, 0.2) is 0 Å². The van der Waals surface area contributed by atoms with Gasteiger partial charge in [0.2, 0.25) is 17.6 Å². The number of hydrogen-bond acceptors (Lipinski definition) is 5. The Balaban J connectivity index is 1.29. The second-order valence-electron chi connectivity index (χ2n) is 7.04. The molecule has 1 amide bonds. The van der Waals surface area contributed by atoms with Crippen molar-refractivity contribution in [3.05, 3.63) is 35.2 Å². The van der Waals surface area contributed by atoms with Crippen LogP contribution in [0.4, 0.5) is 0 Å². The molecule has 2 fully saturated rings. The average molecular weight is 375 g/mol. The van der Waals surface area contributed by atoms with Gasteiger partial charge in [0.1, 0.15) is 0 Å². The standard InChI is InChI=1S/C19H23ClN4O2/c20-15-5-3-14(4-6-15)19-21-17(26-22-19)7-8-18(25)24-12-9-16(13-24)23-10-1-2-11-23/h3-6,16H,1-2,7-13H2. The van der Waals surface area contributed by atoms with Crippen molar-refractivity contribution < 1.29 is 9.32 Å². The minimum Gasteiger partial charge on any atom is -0.341 e. The van der Waals surface area contributed by atoms with Crippen molar-refractivity contribution >= 4 is 17.5 Å². The fourth-order valence-electron chi connectivity index (χ4n) is 3.82. The molecule has 2 aliphatic heterocycles. The van der Waals surface area contributed by atoms with Crippen molar-refractivity contribution in [3.63, 3.8) is 0 Å². The molecular weight excluding hydrogens is 352 g/mol. The van der Waals surface area contributed by atoms with Crippen LogP contribution < -0.4 is 0 Å². The SMILES string of the molecule is O=C(CCc1nc(-c2ccc(Cl)cc2)no1)N1CCC(N2CCCC2)C1. The monoisotopic (exact) mass is 374 g/mol. The summed E-state index contributed by atoms with van der Waals surface area (Å²) in [7, 11) is 0. The normalized spacial score (nSPS) is 20.8. The highest BCUT2D eigenvalue weighted by molar-refractivity contribution is 6.30.